The fraction of sp³-hybridized carbons (Fsp3) is 0.333. The van der Waals surface area contributed by atoms with Gasteiger partial charge in [0.1, 0.15) is 11.4 Å². The first-order valence-corrected chi connectivity index (χ1v) is 10.5. The molecule has 0 aromatic heterocycles. The monoisotopic (exact) mass is 421 g/mol. The second kappa shape index (κ2) is 9.22. The van der Waals surface area contributed by atoms with E-state index in [4.69, 9.17) is 9.47 Å². The lowest BCUT2D eigenvalue weighted by atomic mass is 10.0. The second-order valence-corrected chi connectivity index (χ2v) is 7.57. The predicted octanol–water partition coefficient (Wildman–Crippen LogP) is 3.13. The molecule has 0 atom stereocenters. The van der Waals surface area contributed by atoms with E-state index in [0.717, 1.165) is 24.5 Å². The highest BCUT2D eigenvalue weighted by molar-refractivity contribution is 6.37. The summed E-state index contributed by atoms with van der Waals surface area (Å²) in [5.41, 5.74) is 3.05. The minimum Gasteiger partial charge on any atom is -0.496 e. The topological polar surface area (TPSA) is 71.1 Å². The fourth-order valence-corrected chi connectivity index (χ4v) is 4.05. The minimum absolute atomic E-state index is 0.186. The van der Waals surface area contributed by atoms with Crippen molar-refractivity contribution in [1.82, 2.24) is 4.90 Å². The molecule has 2 aliphatic heterocycles. The molecule has 0 bridgehead atoms. The largest absolute Gasteiger partial charge is 0.496 e. The number of imide groups is 1. The molecule has 1 N–H and O–H groups in total. The molecule has 4 rings (SSSR count). The predicted molar refractivity (Wildman–Crippen MR) is 120 cm³/mol. The lowest BCUT2D eigenvalue weighted by molar-refractivity contribution is -0.137. The van der Waals surface area contributed by atoms with Crippen molar-refractivity contribution < 1.29 is 19.1 Å². The normalized spacial score (nSPS) is 16.5. The highest BCUT2D eigenvalue weighted by Gasteiger charge is 2.40. The van der Waals surface area contributed by atoms with Crippen LogP contribution in [0.1, 0.15) is 18.4 Å². The van der Waals surface area contributed by atoms with Gasteiger partial charge in [-0.2, -0.15) is 0 Å². The van der Waals surface area contributed by atoms with Crippen LogP contribution in [0.5, 0.6) is 5.75 Å². The number of hydrogen-bond acceptors (Lipinski definition) is 6. The number of carbonyl (C=O) groups excluding carboxylic acids is 2. The number of carbonyl (C=O) groups is 2. The minimum atomic E-state index is -0.369. The van der Waals surface area contributed by atoms with Crippen LogP contribution in [0.2, 0.25) is 0 Å². The number of anilines is 2. The number of rotatable bonds is 8. The maximum atomic E-state index is 13.2. The van der Waals surface area contributed by atoms with Gasteiger partial charge in [-0.3, -0.25) is 14.5 Å². The van der Waals surface area contributed by atoms with E-state index >= 15 is 0 Å². The van der Waals surface area contributed by atoms with Crippen molar-refractivity contribution in [2.45, 2.75) is 12.8 Å². The first-order chi connectivity index (χ1) is 15.1. The lowest BCUT2D eigenvalue weighted by Gasteiger charge is -2.18. The summed E-state index contributed by atoms with van der Waals surface area (Å²) in [5, 5.41) is 3.20. The second-order valence-electron chi connectivity index (χ2n) is 7.57. The number of ether oxygens (including phenoxy) is 2. The van der Waals surface area contributed by atoms with Gasteiger partial charge in [0.25, 0.3) is 11.8 Å². The molecular formula is C24H27N3O4. The maximum absolute atomic E-state index is 13.2. The maximum Gasteiger partial charge on any atom is 0.278 e. The molecule has 2 amide bonds. The van der Waals surface area contributed by atoms with Crippen LogP contribution in [-0.4, -0.2) is 57.2 Å². The number of para-hydroxylation sites is 1. The van der Waals surface area contributed by atoms with Crippen LogP contribution in [0.3, 0.4) is 0 Å². The van der Waals surface area contributed by atoms with Gasteiger partial charge in [0, 0.05) is 37.1 Å². The number of nitrogens with zero attached hydrogens (tertiary/aromatic N) is 2. The van der Waals surface area contributed by atoms with Gasteiger partial charge in [-0.05, 0) is 43.2 Å². The molecule has 0 spiro atoms. The molecule has 7 nitrogen and oxygen atoms in total. The van der Waals surface area contributed by atoms with E-state index in [2.05, 4.69) is 10.2 Å². The van der Waals surface area contributed by atoms with Crippen LogP contribution in [0.25, 0.3) is 5.57 Å². The quantitative estimate of drug-likeness (QED) is 0.661. The molecule has 7 heteroatoms. The van der Waals surface area contributed by atoms with E-state index in [1.807, 2.05) is 36.4 Å². The number of nitrogens with one attached hydrogen (secondary N) is 1. The highest BCUT2D eigenvalue weighted by Crippen LogP contribution is 2.35. The van der Waals surface area contributed by atoms with Crippen LogP contribution >= 0.6 is 0 Å². The zero-order valence-corrected chi connectivity index (χ0v) is 17.9. The van der Waals surface area contributed by atoms with Crippen molar-refractivity contribution in [3.05, 3.63) is 59.8 Å². The molecule has 31 heavy (non-hydrogen) atoms. The molecular weight excluding hydrogens is 394 g/mol. The number of methoxy groups -OCH3 is 2. The van der Waals surface area contributed by atoms with Crippen molar-refractivity contribution in [1.29, 1.82) is 0 Å². The van der Waals surface area contributed by atoms with Gasteiger partial charge in [-0.25, -0.2) is 0 Å². The molecule has 0 aliphatic carbocycles. The van der Waals surface area contributed by atoms with E-state index < -0.39 is 0 Å². The Bertz CT molecular complexity index is 994. The third kappa shape index (κ3) is 4.14. The van der Waals surface area contributed by atoms with Gasteiger partial charge in [0.05, 0.1) is 25.8 Å². The van der Waals surface area contributed by atoms with Crippen LogP contribution in [0.15, 0.2) is 54.2 Å². The smallest absolute Gasteiger partial charge is 0.278 e. The Morgan fingerprint density at radius 2 is 1.65 bits per heavy atom. The summed E-state index contributed by atoms with van der Waals surface area (Å²) in [5.74, 6) is -0.190. The highest BCUT2D eigenvalue weighted by atomic mass is 16.5. The van der Waals surface area contributed by atoms with Crippen LogP contribution in [-0.2, 0) is 14.3 Å². The molecule has 0 unspecified atom stereocenters. The number of amides is 2. The van der Waals surface area contributed by atoms with Crippen LogP contribution in [0.4, 0.5) is 11.4 Å². The Morgan fingerprint density at radius 3 is 2.32 bits per heavy atom. The van der Waals surface area contributed by atoms with Crippen molar-refractivity contribution in [2.24, 2.45) is 0 Å². The lowest BCUT2D eigenvalue weighted by Crippen LogP contribution is -2.35. The van der Waals surface area contributed by atoms with Gasteiger partial charge in [-0.15, -0.1) is 0 Å². The van der Waals surface area contributed by atoms with E-state index in [1.54, 1.807) is 26.4 Å². The van der Waals surface area contributed by atoms with Gasteiger partial charge in [0.2, 0.25) is 0 Å². The Balaban J connectivity index is 1.68. The Labute approximate surface area is 182 Å². The van der Waals surface area contributed by atoms with E-state index in [0.29, 0.717) is 16.9 Å². The van der Waals surface area contributed by atoms with E-state index in [9.17, 15) is 9.59 Å². The van der Waals surface area contributed by atoms with E-state index in [1.165, 1.54) is 17.7 Å². The summed E-state index contributed by atoms with van der Waals surface area (Å²) >= 11 is 0. The summed E-state index contributed by atoms with van der Waals surface area (Å²) in [4.78, 5) is 29.9. The number of hydrogen-bond donors (Lipinski definition) is 1. The average molecular weight is 421 g/mol. The third-order valence-electron chi connectivity index (χ3n) is 5.67. The Morgan fingerprint density at radius 1 is 0.935 bits per heavy atom. The fourth-order valence-electron chi connectivity index (χ4n) is 4.05. The van der Waals surface area contributed by atoms with Gasteiger partial charge in [0.15, 0.2) is 0 Å². The molecule has 0 saturated carbocycles. The first kappa shape index (κ1) is 20.9. The summed E-state index contributed by atoms with van der Waals surface area (Å²) in [6.45, 7) is 2.59. The standard InChI is InChI=1S/C24H27N3O4/c1-30-16-15-27-23(28)21(19-7-3-4-8-20(19)31-2)22(24(27)29)25-17-9-11-18(12-10-17)26-13-5-6-14-26/h3-4,7-12,25H,5-6,13-16H2,1-2H3. The number of benzene rings is 2. The molecule has 2 aromatic rings. The Kier molecular flexibility index (Phi) is 6.23. The van der Waals surface area contributed by atoms with Crippen molar-refractivity contribution in [3.8, 4) is 5.75 Å². The van der Waals surface area contributed by atoms with Crippen LogP contribution in [0, 0.1) is 0 Å². The zero-order valence-electron chi connectivity index (χ0n) is 17.9. The SMILES string of the molecule is COCCN1C(=O)C(Nc2ccc(N3CCCC3)cc2)=C(c2ccccc2OC)C1=O. The first-order valence-electron chi connectivity index (χ1n) is 10.5. The average Bonchev–Trinajstić information content (AvgIpc) is 3.41. The van der Waals surface area contributed by atoms with Gasteiger partial charge < -0.3 is 19.7 Å². The van der Waals surface area contributed by atoms with Gasteiger partial charge in [-0.1, -0.05) is 18.2 Å². The van der Waals surface area contributed by atoms with Crippen molar-refractivity contribution >= 4 is 28.8 Å². The van der Waals surface area contributed by atoms with E-state index in [-0.39, 0.29) is 30.7 Å². The van der Waals surface area contributed by atoms with Crippen molar-refractivity contribution in [3.63, 3.8) is 0 Å². The van der Waals surface area contributed by atoms with Gasteiger partial charge >= 0.3 is 0 Å². The molecule has 0 radical (unpaired) electrons. The summed E-state index contributed by atoms with van der Waals surface area (Å²) in [6, 6.07) is 15.2. The van der Waals surface area contributed by atoms with Crippen LogP contribution < -0.4 is 15.0 Å². The molecule has 2 heterocycles. The molecule has 1 saturated heterocycles. The van der Waals surface area contributed by atoms with Crippen molar-refractivity contribution in [2.75, 3.05) is 50.7 Å². The Hall–Kier alpha value is -3.32. The summed E-state index contributed by atoms with van der Waals surface area (Å²) in [7, 11) is 3.09. The summed E-state index contributed by atoms with van der Waals surface area (Å²) in [6.07, 6.45) is 2.42. The zero-order chi connectivity index (χ0) is 21.8. The molecule has 162 valence electrons. The molecule has 1 fully saturated rings. The molecule has 2 aromatic carbocycles. The third-order valence-corrected chi connectivity index (χ3v) is 5.67. The molecule has 2 aliphatic rings. The summed E-state index contributed by atoms with van der Waals surface area (Å²) < 4.78 is 10.5.